The number of carbonyl (C=O) groups excluding carboxylic acids is 2. The number of likely N-dealkylation sites (tertiary alicyclic amines) is 1. The first-order valence-corrected chi connectivity index (χ1v) is 12.2. The Hall–Kier alpha value is -3.39. The van der Waals surface area contributed by atoms with Crippen LogP contribution in [0.25, 0.3) is 11.1 Å². The van der Waals surface area contributed by atoms with E-state index in [-0.39, 0.29) is 37.9 Å². The summed E-state index contributed by atoms with van der Waals surface area (Å²) < 4.78 is 5.57. The van der Waals surface area contributed by atoms with Gasteiger partial charge in [0.05, 0.1) is 0 Å². The molecule has 2 amide bonds. The summed E-state index contributed by atoms with van der Waals surface area (Å²) in [6, 6.07) is 15.1. The van der Waals surface area contributed by atoms with Crippen molar-refractivity contribution in [2.45, 2.75) is 44.1 Å². The minimum atomic E-state index is -1.03. The predicted molar refractivity (Wildman–Crippen MR) is 130 cm³/mol. The minimum absolute atomic E-state index is 0.00503. The first kappa shape index (κ1) is 24.7. The topological polar surface area (TPSA) is 116 Å². The number of carboxylic acid groups (broad SMARTS) is 1. The molecular weight excluding hydrogens is 448 g/mol. The average Bonchev–Trinajstić information content (AvgIpc) is 3.19. The van der Waals surface area contributed by atoms with E-state index in [1.54, 1.807) is 4.90 Å². The maximum atomic E-state index is 13.1. The monoisotopic (exact) mass is 480 g/mol. The number of ether oxygens (including phenoxy) is 1. The molecule has 8 heteroatoms. The Kier molecular flexibility index (Phi) is 8.02. The second-order valence-electron chi connectivity index (χ2n) is 9.24. The molecule has 1 aliphatic carbocycles. The molecule has 4 rings (SSSR count). The summed E-state index contributed by atoms with van der Waals surface area (Å²) in [5.41, 5.74) is 4.42. The summed E-state index contributed by atoms with van der Waals surface area (Å²) in [6.07, 6.45) is 1.30. The maximum absolute atomic E-state index is 13.1. The van der Waals surface area contributed by atoms with Crippen LogP contribution in [-0.2, 0) is 14.3 Å². The van der Waals surface area contributed by atoms with Crippen LogP contribution in [0.2, 0.25) is 0 Å². The lowest BCUT2D eigenvalue weighted by Crippen LogP contribution is -2.51. The molecule has 1 saturated heterocycles. The number of aliphatic carboxylic acids is 1. The summed E-state index contributed by atoms with van der Waals surface area (Å²) in [5.74, 6) is -1.05. The third kappa shape index (κ3) is 5.82. The number of amides is 2. The number of benzene rings is 2. The quantitative estimate of drug-likeness (QED) is 0.507. The Bertz CT molecular complexity index is 1020. The van der Waals surface area contributed by atoms with E-state index in [0.29, 0.717) is 25.4 Å². The molecule has 1 heterocycles. The van der Waals surface area contributed by atoms with Crippen molar-refractivity contribution in [3.8, 4) is 11.1 Å². The van der Waals surface area contributed by atoms with Gasteiger partial charge in [-0.25, -0.2) is 4.79 Å². The number of nitrogens with zero attached hydrogens (tertiary/aromatic N) is 1. The summed E-state index contributed by atoms with van der Waals surface area (Å²) in [4.78, 5) is 38.7. The standard InChI is InChI=1S/C27H32N2O6/c30-16-13-18-11-14-29(15-12-18)26(33)24(9-10-25(31)32)28-27(34)35-17-23-21-7-3-1-5-19(21)20-6-2-4-8-22(20)23/h1-8,18,23-24,30H,9-17H2,(H,28,34)(H,31,32). The highest BCUT2D eigenvalue weighted by atomic mass is 16.5. The number of carbonyl (C=O) groups is 3. The summed E-state index contributed by atoms with van der Waals surface area (Å²) >= 11 is 0. The van der Waals surface area contributed by atoms with E-state index in [4.69, 9.17) is 14.9 Å². The first-order chi connectivity index (χ1) is 17.0. The second kappa shape index (κ2) is 11.4. The number of carboxylic acids is 1. The highest BCUT2D eigenvalue weighted by molar-refractivity contribution is 5.86. The van der Waals surface area contributed by atoms with E-state index < -0.39 is 18.1 Å². The molecule has 2 aromatic carbocycles. The lowest BCUT2D eigenvalue weighted by Gasteiger charge is -2.34. The lowest BCUT2D eigenvalue weighted by atomic mass is 9.93. The molecule has 0 aromatic heterocycles. The lowest BCUT2D eigenvalue weighted by molar-refractivity contribution is -0.138. The predicted octanol–water partition coefficient (Wildman–Crippen LogP) is 3.38. The zero-order valence-electron chi connectivity index (χ0n) is 19.7. The van der Waals surface area contributed by atoms with Crippen LogP contribution in [0.3, 0.4) is 0 Å². The van der Waals surface area contributed by atoms with Gasteiger partial charge in [-0.05, 0) is 53.9 Å². The average molecular weight is 481 g/mol. The van der Waals surface area contributed by atoms with Gasteiger partial charge in [0.25, 0.3) is 0 Å². The van der Waals surface area contributed by atoms with Gasteiger partial charge in [-0.3, -0.25) is 9.59 Å². The second-order valence-corrected chi connectivity index (χ2v) is 9.24. The van der Waals surface area contributed by atoms with Gasteiger partial charge in [-0.1, -0.05) is 48.5 Å². The van der Waals surface area contributed by atoms with E-state index >= 15 is 0 Å². The van der Waals surface area contributed by atoms with Crippen molar-refractivity contribution in [2.24, 2.45) is 5.92 Å². The normalized spacial score (nSPS) is 16.3. The number of rotatable bonds is 9. The number of hydrogen-bond acceptors (Lipinski definition) is 5. The Morgan fingerprint density at radius 2 is 1.60 bits per heavy atom. The zero-order valence-corrected chi connectivity index (χ0v) is 19.7. The van der Waals surface area contributed by atoms with Crippen LogP contribution in [0.4, 0.5) is 4.79 Å². The fraction of sp³-hybridized carbons (Fsp3) is 0.444. The van der Waals surface area contributed by atoms with Gasteiger partial charge < -0.3 is 25.2 Å². The Morgan fingerprint density at radius 3 is 2.17 bits per heavy atom. The number of hydrogen-bond donors (Lipinski definition) is 3. The molecule has 1 atom stereocenters. The van der Waals surface area contributed by atoms with Gasteiger partial charge in [0.15, 0.2) is 0 Å². The van der Waals surface area contributed by atoms with Crippen LogP contribution in [0.5, 0.6) is 0 Å². The molecule has 1 unspecified atom stereocenters. The van der Waals surface area contributed by atoms with E-state index in [0.717, 1.165) is 35.1 Å². The van der Waals surface area contributed by atoms with Gasteiger partial charge in [-0.2, -0.15) is 0 Å². The molecule has 3 N–H and O–H groups in total. The Morgan fingerprint density at radius 1 is 1.00 bits per heavy atom. The number of alkyl carbamates (subject to hydrolysis) is 1. The molecule has 2 aromatic rings. The minimum Gasteiger partial charge on any atom is -0.481 e. The number of aliphatic hydroxyl groups excluding tert-OH is 1. The van der Waals surface area contributed by atoms with Crippen molar-refractivity contribution in [1.82, 2.24) is 10.2 Å². The van der Waals surface area contributed by atoms with Crippen molar-refractivity contribution in [2.75, 3.05) is 26.3 Å². The molecule has 186 valence electrons. The number of nitrogens with one attached hydrogen (secondary N) is 1. The van der Waals surface area contributed by atoms with Crippen LogP contribution >= 0.6 is 0 Å². The summed E-state index contributed by atoms with van der Waals surface area (Å²) in [5, 5.41) is 20.9. The van der Waals surface area contributed by atoms with Crippen LogP contribution in [0, 0.1) is 5.92 Å². The van der Waals surface area contributed by atoms with Crippen molar-refractivity contribution >= 4 is 18.0 Å². The Balaban J connectivity index is 1.39. The van der Waals surface area contributed by atoms with E-state index in [2.05, 4.69) is 17.4 Å². The molecule has 1 fully saturated rings. The summed E-state index contributed by atoms with van der Waals surface area (Å²) in [7, 11) is 0. The number of piperidine rings is 1. The van der Waals surface area contributed by atoms with E-state index in [1.165, 1.54) is 0 Å². The SMILES string of the molecule is O=C(O)CCC(NC(=O)OCC1c2ccccc2-c2ccccc21)C(=O)N1CCC(CCO)CC1. The fourth-order valence-electron chi connectivity index (χ4n) is 5.15. The fourth-order valence-corrected chi connectivity index (χ4v) is 5.15. The highest BCUT2D eigenvalue weighted by Gasteiger charge is 2.32. The molecular formula is C27H32N2O6. The number of aliphatic hydroxyl groups is 1. The van der Waals surface area contributed by atoms with E-state index in [9.17, 15) is 14.4 Å². The van der Waals surface area contributed by atoms with Crippen molar-refractivity contribution in [3.63, 3.8) is 0 Å². The smallest absolute Gasteiger partial charge is 0.407 e. The molecule has 0 spiro atoms. The van der Waals surface area contributed by atoms with Crippen LogP contribution in [0.15, 0.2) is 48.5 Å². The van der Waals surface area contributed by atoms with Crippen LogP contribution < -0.4 is 5.32 Å². The van der Waals surface area contributed by atoms with Gasteiger partial charge in [0.2, 0.25) is 5.91 Å². The third-order valence-electron chi connectivity index (χ3n) is 7.04. The number of fused-ring (bicyclic) bond motifs is 3. The highest BCUT2D eigenvalue weighted by Crippen LogP contribution is 2.44. The summed E-state index contributed by atoms with van der Waals surface area (Å²) in [6.45, 7) is 1.30. The third-order valence-corrected chi connectivity index (χ3v) is 7.04. The largest absolute Gasteiger partial charge is 0.481 e. The molecule has 0 saturated carbocycles. The van der Waals surface area contributed by atoms with Gasteiger partial charge in [-0.15, -0.1) is 0 Å². The van der Waals surface area contributed by atoms with Gasteiger partial charge >= 0.3 is 12.1 Å². The van der Waals surface area contributed by atoms with Crippen molar-refractivity contribution in [3.05, 3.63) is 59.7 Å². The molecule has 2 aliphatic rings. The molecule has 35 heavy (non-hydrogen) atoms. The molecule has 0 bridgehead atoms. The van der Waals surface area contributed by atoms with Crippen LogP contribution in [0.1, 0.15) is 49.1 Å². The first-order valence-electron chi connectivity index (χ1n) is 12.2. The Labute approximate surface area is 204 Å². The van der Waals surface area contributed by atoms with Gasteiger partial charge in [0, 0.05) is 32.0 Å². The maximum Gasteiger partial charge on any atom is 0.407 e. The molecule has 8 nitrogen and oxygen atoms in total. The van der Waals surface area contributed by atoms with Crippen LogP contribution in [-0.4, -0.2) is 65.4 Å². The van der Waals surface area contributed by atoms with Crippen molar-refractivity contribution in [1.29, 1.82) is 0 Å². The zero-order chi connectivity index (χ0) is 24.8. The van der Waals surface area contributed by atoms with Crippen molar-refractivity contribution < 1.29 is 29.3 Å². The van der Waals surface area contributed by atoms with Gasteiger partial charge in [0.1, 0.15) is 12.6 Å². The van der Waals surface area contributed by atoms with E-state index in [1.807, 2.05) is 36.4 Å². The molecule has 0 radical (unpaired) electrons. The molecule has 1 aliphatic heterocycles.